The van der Waals surface area contributed by atoms with Gasteiger partial charge in [-0.25, -0.2) is 0 Å². The molecule has 2 aromatic rings. The number of ketones is 1. The average Bonchev–Trinajstić information content (AvgIpc) is 2.46. The second-order valence-electron chi connectivity index (χ2n) is 3.97. The predicted molar refractivity (Wildman–Crippen MR) is 69.9 cm³/mol. The van der Waals surface area contributed by atoms with Gasteiger partial charge in [0.25, 0.3) is 0 Å². The van der Waals surface area contributed by atoms with E-state index in [1.807, 2.05) is 18.2 Å². The first-order chi connectivity index (χ1) is 8.79. The van der Waals surface area contributed by atoms with Gasteiger partial charge in [-0.2, -0.15) is 0 Å². The molecule has 0 N–H and O–H groups in total. The topological polar surface area (TPSA) is 39.2 Å². The highest BCUT2D eigenvalue weighted by atomic mass is 16.5. The van der Waals surface area contributed by atoms with Crippen LogP contribution in [0.25, 0.3) is 0 Å². The molecular formula is C15H15NO2. The van der Waals surface area contributed by atoms with Gasteiger partial charge in [-0.15, -0.1) is 0 Å². The normalized spacial score (nSPS) is 10.1. The molecule has 0 radical (unpaired) electrons. The zero-order valence-corrected chi connectivity index (χ0v) is 10.3. The van der Waals surface area contributed by atoms with E-state index in [0.29, 0.717) is 18.4 Å². The fourth-order valence-corrected chi connectivity index (χ4v) is 1.71. The molecule has 0 spiro atoms. The van der Waals surface area contributed by atoms with Crippen molar-refractivity contribution in [2.24, 2.45) is 0 Å². The number of hydrogen-bond acceptors (Lipinski definition) is 3. The first kappa shape index (κ1) is 12.3. The third-order valence-electron chi connectivity index (χ3n) is 2.75. The minimum Gasteiger partial charge on any atom is -0.497 e. The summed E-state index contributed by atoms with van der Waals surface area (Å²) < 4.78 is 5.06. The van der Waals surface area contributed by atoms with Crippen molar-refractivity contribution >= 4 is 5.78 Å². The smallest absolute Gasteiger partial charge is 0.163 e. The van der Waals surface area contributed by atoms with Crippen LogP contribution in [-0.2, 0) is 6.42 Å². The van der Waals surface area contributed by atoms with Crippen LogP contribution < -0.4 is 4.74 Å². The average molecular weight is 241 g/mol. The molecule has 0 unspecified atom stereocenters. The minimum atomic E-state index is 0.128. The molecule has 1 aromatic carbocycles. The van der Waals surface area contributed by atoms with Gasteiger partial charge in [0.15, 0.2) is 5.78 Å². The Labute approximate surface area is 106 Å². The van der Waals surface area contributed by atoms with Gasteiger partial charge in [-0.1, -0.05) is 6.07 Å². The molecule has 0 saturated carbocycles. The molecule has 0 aliphatic carbocycles. The lowest BCUT2D eigenvalue weighted by Gasteiger charge is -2.03. The zero-order valence-electron chi connectivity index (χ0n) is 10.3. The maximum atomic E-state index is 11.9. The van der Waals surface area contributed by atoms with Gasteiger partial charge in [0.05, 0.1) is 7.11 Å². The molecule has 0 bridgehead atoms. The third kappa shape index (κ3) is 3.17. The van der Waals surface area contributed by atoms with Crippen molar-refractivity contribution in [3.05, 3.63) is 59.9 Å². The molecule has 1 aromatic heterocycles. The van der Waals surface area contributed by atoms with Crippen LogP contribution in [0.1, 0.15) is 22.5 Å². The molecule has 0 aliphatic heterocycles. The number of ether oxygens (including phenoxy) is 1. The zero-order chi connectivity index (χ0) is 12.8. The highest BCUT2D eigenvalue weighted by molar-refractivity contribution is 5.96. The summed E-state index contributed by atoms with van der Waals surface area (Å²) in [5.41, 5.74) is 1.66. The van der Waals surface area contributed by atoms with Crippen LogP contribution in [0.4, 0.5) is 0 Å². The van der Waals surface area contributed by atoms with Crippen molar-refractivity contribution in [1.82, 2.24) is 4.98 Å². The van der Waals surface area contributed by atoms with E-state index in [9.17, 15) is 4.79 Å². The number of carbonyl (C=O) groups is 1. The minimum absolute atomic E-state index is 0.128. The molecule has 3 nitrogen and oxygen atoms in total. The monoisotopic (exact) mass is 241 g/mol. The van der Waals surface area contributed by atoms with E-state index in [-0.39, 0.29) is 5.78 Å². The van der Waals surface area contributed by atoms with E-state index in [4.69, 9.17) is 4.74 Å². The fourth-order valence-electron chi connectivity index (χ4n) is 1.71. The quantitative estimate of drug-likeness (QED) is 0.755. The van der Waals surface area contributed by atoms with E-state index >= 15 is 0 Å². The number of pyridine rings is 1. The number of Topliss-reactive ketones (excluding diaryl/α,β-unsaturated/α-hetero) is 1. The summed E-state index contributed by atoms with van der Waals surface area (Å²) in [6.07, 6.45) is 2.89. The van der Waals surface area contributed by atoms with E-state index < -0.39 is 0 Å². The number of methoxy groups -OCH3 is 1. The summed E-state index contributed by atoms with van der Waals surface area (Å²) in [5, 5.41) is 0. The van der Waals surface area contributed by atoms with Crippen LogP contribution >= 0.6 is 0 Å². The van der Waals surface area contributed by atoms with Crippen molar-refractivity contribution in [3.8, 4) is 5.75 Å². The number of rotatable bonds is 5. The van der Waals surface area contributed by atoms with E-state index in [1.165, 1.54) is 0 Å². The van der Waals surface area contributed by atoms with Crippen LogP contribution in [0.5, 0.6) is 5.75 Å². The van der Waals surface area contributed by atoms with E-state index in [1.54, 1.807) is 37.6 Å². The Morgan fingerprint density at radius 2 is 1.94 bits per heavy atom. The molecule has 0 fully saturated rings. The number of aromatic nitrogens is 1. The van der Waals surface area contributed by atoms with Gasteiger partial charge >= 0.3 is 0 Å². The lowest BCUT2D eigenvalue weighted by Crippen LogP contribution is -2.02. The van der Waals surface area contributed by atoms with Gasteiger partial charge in [0.2, 0.25) is 0 Å². The van der Waals surface area contributed by atoms with E-state index in [2.05, 4.69) is 4.98 Å². The Morgan fingerprint density at radius 1 is 1.17 bits per heavy atom. The van der Waals surface area contributed by atoms with E-state index in [0.717, 1.165) is 11.4 Å². The number of nitrogens with zero attached hydrogens (tertiary/aromatic N) is 1. The summed E-state index contributed by atoms with van der Waals surface area (Å²) in [5.74, 6) is 0.889. The lowest BCUT2D eigenvalue weighted by atomic mass is 10.1. The second kappa shape index (κ2) is 5.96. The van der Waals surface area contributed by atoms with Crippen LogP contribution in [0.3, 0.4) is 0 Å². The van der Waals surface area contributed by atoms with Gasteiger partial charge < -0.3 is 4.74 Å². The number of carbonyl (C=O) groups excluding carboxylic acids is 1. The van der Waals surface area contributed by atoms with Crippen molar-refractivity contribution in [3.63, 3.8) is 0 Å². The Bertz CT molecular complexity index is 506. The van der Waals surface area contributed by atoms with Crippen LogP contribution in [0.15, 0.2) is 48.7 Å². The van der Waals surface area contributed by atoms with Gasteiger partial charge in [0.1, 0.15) is 5.75 Å². The van der Waals surface area contributed by atoms with Crippen molar-refractivity contribution < 1.29 is 9.53 Å². The summed E-state index contributed by atoms with van der Waals surface area (Å²) >= 11 is 0. The summed E-state index contributed by atoms with van der Waals surface area (Å²) in [4.78, 5) is 16.1. The largest absolute Gasteiger partial charge is 0.497 e. The van der Waals surface area contributed by atoms with Crippen molar-refractivity contribution in [2.45, 2.75) is 12.8 Å². The summed E-state index contributed by atoms with van der Waals surface area (Å²) in [7, 11) is 1.61. The standard InChI is InChI=1S/C15H15NO2/c1-18-14-8-5-12(6-9-14)15(17)10-7-13-4-2-3-11-16-13/h2-6,8-9,11H,7,10H2,1H3. The van der Waals surface area contributed by atoms with Crippen LogP contribution in [-0.4, -0.2) is 17.9 Å². The maximum Gasteiger partial charge on any atom is 0.163 e. The van der Waals surface area contributed by atoms with Crippen LogP contribution in [0, 0.1) is 0 Å². The summed E-state index contributed by atoms with van der Waals surface area (Å²) in [6, 6.07) is 12.9. The Morgan fingerprint density at radius 3 is 2.56 bits per heavy atom. The second-order valence-corrected chi connectivity index (χ2v) is 3.97. The fraction of sp³-hybridized carbons (Fsp3) is 0.200. The first-order valence-corrected chi connectivity index (χ1v) is 5.87. The molecule has 18 heavy (non-hydrogen) atoms. The maximum absolute atomic E-state index is 11.9. The third-order valence-corrected chi connectivity index (χ3v) is 2.75. The molecule has 0 atom stereocenters. The lowest BCUT2D eigenvalue weighted by molar-refractivity contribution is 0.0982. The molecule has 1 heterocycles. The first-order valence-electron chi connectivity index (χ1n) is 5.87. The van der Waals surface area contributed by atoms with Crippen molar-refractivity contribution in [2.75, 3.05) is 7.11 Å². The summed E-state index contributed by atoms with van der Waals surface area (Å²) in [6.45, 7) is 0. The number of benzene rings is 1. The molecule has 0 aliphatic rings. The highest BCUT2D eigenvalue weighted by Gasteiger charge is 2.06. The van der Waals surface area contributed by atoms with Gasteiger partial charge in [-0.05, 0) is 42.8 Å². The molecule has 0 amide bonds. The Balaban J connectivity index is 1.95. The molecular weight excluding hydrogens is 226 g/mol. The predicted octanol–water partition coefficient (Wildman–Crippen LogP) is 2.91. The highest BCUT2D eigenvalue weighted by Crippen LogP contribution is 2.13. The Hall–Kier alpha value is -2.16. The molecule has 0 saturated heterocycles. The number of aryl methyl sites for hydroxylation is 1. The SMILES string of the molecule is COc1ccc(C(=O)CCc2ccccn2)cc1. The van der Waals surface area contributed by atoms with Crippen LogP contribution in [0.2, 0.25) is 0 Å². The molecule has 2 rings (SSSR count). The van der Waals surface area contributed by atoms with Gasteiger partial charge in [0, 0.05) is 23.9 Å². The number of hydrogen-bond donors (Lipinski definition) is 0. The Kier molecular flexibility index (Phi) is 4.07. The van der Waals surface area contributed by atoms with Gasteiger partial charge in [-0.3, -0.25) is 9.78 Å². The molecule has 92 valence electrons. The van der Waals surface area contributed by atoms with Crippen molar-refractivity contribution in [1.29, 1.82) is 0 Å². The molecule has 3 heteroatoms.